The topological polar surface area (TPSA) is 64.0 Å². The first-order valence-corrected chi connectivity index (χ1v) is 9.28. The standard InChI is InChI=1S/C21H19F2N3O2/c22-13-9-10-17(18(23)11-13)20(27)24-12-19-15-7-3-4-8-16(15)21(28)26(25-19)14-5-1-2-6-14/h3-4,7-11,14H,1-2,5-6,12H2,(H,24,27). The van der Waals surface area contributed by atoms with E-state index in [9.17, 15) is 18.4 Å². The van der Waals surface area contributed by atoms with E-state index in [1.807, 2.05) is 0 Å². The van der Waals surface area contributed by atoms with Gasteiger partial charge in [0.2, 0.25) is 0 Å². The molecule has 1 heterocycles. The van der Waals surface area contributed by atoms with Gasteiger partial charge in [0, 0.05) is 11.5 Å². The molecular weight excluding hydrogens is 364 g/mol. The number of fused-ring (bicyclic) bond motifs is 1. The molecule has 1 amide bonds. The van der Waals surface area contributed by atoms with Gasteiger partial charge in [0.05, 0.1) is 29.2 Å². The second kappa shape index (κ2) is 7.50. The molecule has 0 unspecified atom stereocenters. The molecule has 4 rings (SSSR count). The minimum atomic E-state index is -0.925. The molecule has 3 aromatic rings. The van der Waals surface area contributed by atoms with E-state index >= 15 is 0 Å². The summed E-state index contributed by atoms with van der Waals surface area (Å²) in [7, 11) is 0. The molecule has 0 saturated heterocycles. The van der Waals surface area contributed by atoms with Crippen LogP contribution < -0.4 is 10.9 Å². The molecule has 0 aliphatic heterocycles. The molecule has 0 radical (unpaired) electrons. The van der Waals surface area contributed by atoms with Crippen LogP contribution >= 0.6 is 0 Å². The van der Waals surface area contributed by atoms with Gasteiger partial charge in [-0.3, -0.25) is 9.59 Å². The Morgan fingerprint density at radius 3 is 2.54 bits per heavy atom. The van der Waals surface area contributed by atoms with Crippen LogP contribution in [0.2, 0.25) is 0 Å². The number of nitrogens with zero attached hydrogens (tertiary/aromatic N) is 2. The number of amides is 1. The zero-order valence-electron chi connectivity index (χ0n) is 15.1. The van der Waals surface area contributed by atoms with Gasteiger partial charge < -0.3 is 5.32 Å². The van der Waals surface area contributed by atoms with Gasteiger partial charge in [-0.2, -0.15) is 5.10 Å². The van der Waals surface area contributed by atoms with Crippen LogP contribution in [-0.2, 0) is 6.54 Å². The van der Waals surface area contributed by atoms with Crippen LogP contribution in [0.3, 0.4) is 0 Å². The highest BCUT2D eigenvalue weighted by Crippen LogP contribution is 2.28. The van der Waals surface area contributed by atoms with Gasteiger partial charge in [-0.05, 0) is 31.0 Å². The van der Waals surface area contributed by atoms with Crippen molar-refractivity contribution in [1.29, 1.82) is 0 Å². The largest absolute Gasteiger partial charge is 0.346 e. The summed E-state index contributed by atoms with van der Waals surface area (Å²) >= 11 is 0. The van der Waals surface area contributed by atoms with Crippen molar-refractivity contribution in [1.82, 2.24) is 15.1 Å². The highest BCUT2D eigenvalue weighted by Gasteiger charge is 2.22. The van der Waals surface area contributed by atoms with Gasteiger partial charge in [0.25, 0.3) is 11.5 Å². The summed E-state index contributed by atoms with van der Waals surface area (Å²) in [6.45, 7) is 0.0309. The predicted molar refractivity (Wildman–Crippen MR) is 101 cm³/mol. The first-order valence-electron chi connectivity index (χ1n) is 9.28. The van der Waals surface area contributed by atoms with Crippen LogP contribution in [0.25, 0.3) is 10.8 Å². The smallest absolute Gasteiger partial charge is 0.274 e. The maximum absolute atomic E-state index is 13.8. The lowest BCUT2D eigenvalue weighted by Gasteiger charge is -2.16. The summed E-state index contributed by atoms with van der Waals surface area (Å²) in [5.74, 6) is -2.33. The van der Waals surface area contributed by atoms with Crippen molar-refractivity contribution in [2.45, 2.75) is 38.3 Å². The molecule has 7 heteroatoms. The Labute approximate surface area is 160 Å². The summed E-state index contributed by atoms with van der Waals surface area (Å²) in [5, 5.41) is 8.34. The minimum Gasteiger partial charge on any atom is -0.346 e. The van der Waals surface area contributed by atoms with Crippen molar-refractivity contribution in [3.63, 3.8) is 0 Å². The average Bonchev–Trinajstić information content (AvgIpc) is 3.22. The average molecular weight is 383 g/mol. The quantitative estimate of drug-likeness (QED) is 0.747. The van der Waals surface area contributed by atoms with Crippen LogP contribution in [0.4, 0.5) is 8.78 Å². The van der Waals surface area contributed by atoms with Crippen molar-refractivity contribution < 1.29 is 13.6 Å². The fourth-order valence-corrected chi connectivity index (χ4v) is 3.73. The van der Waals surface area contributed by atoms with Crippen LogP contribution in [0, 0.1) is 11.6 Å². The number of rotatable bonds is 4. The third kappa shape index (κ3) is 3.40. The van der Waals surface area contributed by atoms with E-state index < -0.39 is 17.5 Å². The summed E-state index contributed by atoms with van der Waals surface area (Å²) in [6, 6.07) is 9.98. The Bertz CT molecular complexity index is 1100. The van der Waals surface area contributed by atoms with Crippen LogP contribution in [0.1, 0.15) is 47.8 Å². The van der Waals surface area contributed by atoms with Gasteiger partial charge >= 0.3 is 0 Å². The normalized spacial score (nSPS) is 14.5. The predicted octanol–water partition coefficient (Wildman–Crippen LogP) is 3.72. The zero-order chi connectivity index (χ0) is 19.7. The number of carbonyl (C=O) groups excluding carboxylic acids is 1. The molecule has 1 aromatic heterocycles. The number of aromatic nitrogens is 2. The maximum atomic E-state index is 13.8. The summed E-state index contributed by atoms with van der Waals surface area (Å²) in [4.78, 5) is 25.2. The SMILES string of the molecule is O=C(NCc1nn(C2CCCC2)c(=O)c2ccccc12)c1ccc(F)cc1F. The molecule has 1 aliphatic carbocycles. The zero-order valence-corrected chi connectivity index (χ0v) is 15.1. The third-order valence-electron chi connectivity index (χ3n) is 5.17. The lowest BCUT2D eigenvalue weighted by molar-refractivity contribution is 0.0946. The first kappa shape index (κ1) is 18.3. The van der Waals surface area contributed by atoms with Gasteiger partial charge in [0.15, 0.2) is 0 Å². The third-order valence-corrected chi connectivity index (χ3v) is 5.17. The van der Waals surface area contributed by atoms with Crippen LogP contribution in [0.5, 0.6) is 0 Å². The van der Waals surface area contributed by atoms with Gasteiger partial charge in [-0.15, -0.1) is 0 Å². The van der Waals surface area contributed by atoms with Crippen LogP contribution in [-0.4, -0.2) is 15.7 Å². The first-order chi connectivity index (χ1) is 13.5. The molecular formula is C21H19F2N3O2. The van der Waals surface area contributed by atoms with Crippen molar-refractivity contribution in [3.8, 4) is 0 Å². The van der Waals surface area contributed by atoms with E-state index in [2.05, 4.69) is 10.4 Å². The lowest BCUT2D eigenvalue weighted by Crippen LogP contribution is -2.30. The van der Waals surface area contributed by atoms with Crippen molar-refractivity contribution in [2.24, 2.45) is 0 Å². The molecule has 5 nitrogen and oxygen atoms in total. The maximum Gasteiger partial charge on any atom is 0.274 e. The Balaban J connectivity index is 1.67. The van der Waals surface area contributed by atoms with Crippen LogP contribution in [0.15, 0.2) is 47.3 Å². The number of hydrogen-bond donors (Lipinski definition) is 1. The van der Waals surface area contributed by atoms with E-state index in [0.29, 0.717) is 22.5 Å². The molecule has 2 aromatic carbocycles. The molecule has 1 saturated carbocycles. The van der Waals surface area contributed by atoms with E-state index in [0.717, 1.165) is 37.8 Å². The number of benzene rings is 2. The van der Waals surface area contributed by atoms with Gasteiger partial charge in [-0.1, -0.05) is 31.0 Å². The number of nitrogens with one attached hydrogen (secondary N) is 1. The van der Waals surface area contributed by atoms with E-state index in [4.69, 9.17) is 0 Å². The molecule has 1 N–H and O–H groups in total. The highest BCUT2D eigenvalue weighted by molar-refractivity contribution is 5.94. The van der Waals surface area contributed by atoms with E-state index in [1.165, 1.54) is 4.68 Å². The molecule has 0 atom stereocenters. The number of hydrogen-bond acceptors (Lipinski definition) is 3. The Morgan fingerprint density at radius 1 is 1.11 bits per heavy atom. The molecule has 1 fully saturated rings. The van der Waals surface area contributed by atoms with Crippen molar-refractivity contribution >= 4 is 16.7 Å². The number of carbonyl (C=O) groups is 1. The fourth-order valence-electron chi connectivity index (χ4n) is 3.73. The molecule has 144 valence electrons. The summed E-state index contributed by atoms with van der Waals surface area (Å²) < 4.78 is 28.4. The molecule has 28 heavy (non-hydrogen) atoms. The van der Waals surface area contributed by atoms with Gasteiger partial charge in [0.1, 0.15) is 11.6 Å². The Hall–Kier alpha value is -3.09. The molecule has 0 spiro atoms. The summed E-state index contributed by atoms with van der Waals surface area (Å²) in [6.07, 6.45) is 3.92. The highest BCUT2D eigenvalue weighted by atomic mass is 19.1. The van der Waals surface area contributed by atoms with E-state index in [1.54, 1.807) is 24.3 Å². The molecule has 0 bridgehead atoms. The molecule has 1 aliphatic rings. The van der Waals surface area contributed by atoms with Crippen molar-refractivity contribution in [2.75, 3.05) is 0 Å². The van der Waals surface area contributed by atoms with E-state index in [-0.39, 0.29) is 23.7 Å². The Morgan fingerprint density at radius 2 is 1.82 bits per heavy atom. The monoisotopic (exact) mass is 383 g/mol. The second-order valence-electron chi connectivity index (χ2n) is 6.99. The minimum absolute atomic E-state index is 0.0309. The lowest BCUT2D eigenvalue weighted by atomic mass is 10.1. The number of halogens is 2. The summed E-state index contributed by atoms with van der Waals surface area (Å²) in [5.41, 5.74) is 0.162. The second-order valence-corrected chi connectivity index (χ2v) is 6.99. The Kier molecular flexibility index (Phi) is 4.90. The fraction of sp³-hybridized carbons (Fsp3) is 0.286. The van der Waals surface area contributed by atoms with Crippen molar-refractivity contribution in [3.05, 3.63) is 75.7 Å². The van der Waals surface area contributed by atoms with Gasteiger partial charge in [-0.25, -0.2) is 13.5 Å².